The zero-order chi connectivity index (χ0) is 11.3. The number of rotatable bonds is 4. The van der Waals surface area contributed by atoms with Gasteiger partial charge in [0.05, 0.1) is 14.2 Å². The van der Waals surface area contributed by atoms with Crippen LogP contribution in [-0.2, 0) is 4.79 Å². The van der Waals surface area contributed by atoms with Gasteiger partial charge < -0.3 is 14.6 Å². The molecule has 0 heterocycles. The Balaban J connectivity index is 3.11. The molecular formula is C11H12O4. The van der Waals surface area contributed by atoms with Gasteiger partial charge in [-0.3, -0.25) is 0 Å². The van der Waals surface area contributed by atoms with E-state index in [0.717, 1.165) is 6.08 Å². The fourth-order valence-corrected chi connectivity index (χ4v) is 1.20. The maximum absolute atomic E-state index is 10.4. The van der Waals surface area contributed by atoms with Crippen LogP contribution in [0.25, 0.3) is 6.08 Å². The first-order chi connectivity index (χ1) is 7.19. The summed E-state index contributed by atoms with van der Waals surface area (Å²) in [6, 6.07) is 5.26. The van der Waals surface area contributed by atoms with Crippen molar-refractivity contribution in [2.75, 3.05) is 14.2 Å². The highest BCUT2D eigenvalue weighted by Gasteiger charge is 2.06. The van der Waals surface area contributed by atoms with Gasteiger partial charge in [-0.1, -0.05) is 12.1 Å². The topological polar surface area (TPSA) is 55.8 Å². The minimum Gasteiger partial charge on any atom is -0.493 e. The monoisotopic (exact) mass is 208 g/mol. The maximum Gasteiger partial charge on any atom is 0.328 e. The summed E-state index contributed by atoms with van der Waals surface area (Å²) in [4.78, 5) is 10.4. The van der Waals surface area contributed by atoms with Gasteiger partial charge in [-0.05, 0) is 12.1 Å². The zero-order valence-corrected chi connectivity index (χ0v) is 8.56. The maximum atomic E-state index is 10.4. The van der Waals surface area contributed by atoms with E-state index >= 15 is 0 Å². The van der Waals surface area contributed by atoms with Crippen LogP contribution < -0.4 is 9.47 Å². The zero-order valence-electron chi connectivity index (χ0n) is 8.56. The molecule has 0 radical (unpaired) electrons. The fraction of sp³-hybridized carbons (Fsp3) is 0.182. The van der Waals surface area contributed by atoms with Crippen LogP contribution >= 0.6 is 0 Å². The molecule has 15 heavy (non-hydrogen) atoms. The Morgan fingerprint density at radius 3 is 2.60 bits per heavy atom. The summed E-state index contributed by atoms with van der Waals surface area (Å²) >= 11 is 0. The Hall–Kier alpha value is -1.97. The molecule has 0 aliphatic rings. The number of hydrogen-bond acceptors (Lipinski definition) is 3. The summed E-state index contributed by atoms with van der Waals surface area (Å²) in [5.74, 6) is 0.0995. The van der Waals surface area contributed by atoms with Crippen molar-refractivity contribution in [1.29, 1.82) is 0 Å². The van der Waals surface area contributed by atoms with Gasteiger partial charge in [-0.2, -0.15) is 0 Å². The molecule has 1 aromatic rings. The van der Waals surface area contributed by atoms with Crippen molar-refractivity contribution in [3.8, 4) is 11.5 Å². The largest absolute Gasteiger partial charge is 0.493 e. The Morgan fingerprint density at radius 2 is 2.07 bits per heavy atom. The molecule has 0 aliphatic carbocycles. The normalized spacial score (nSPS) is 10.3. The van der Waals surface area contributed by atoms with E-state index in [2.05, 4.69) is 0 Å². The van der Waals surface area contributed by atoms with Gasteiger partial charge in [-0.25, -0.2) is 4.79 Å². The molecule has 0 amide bonds. The Labute approximate surface area is 87.7 Å². The summed E-state index contributed by atoms with van der Waals surface area (Å²) in [5, 5.41) is 8.51. The third-order valence-electron chi connectivity index (χ3n) is 1.84. The quantitative estimate of drug-likeness (QED) is 0.766. The number of para-hydroxylation sites is 1. The lowest BCUT2D eigenvalue weighted by molar-refractivity contribution is -0.131. The number of carboxylic acid groups (broad SMARTS) is 1. The number of hydrogen-bond donors (Lipinski definition) is 1. The third kappa shape index (κ3) is 2.74. The molecule has 0 aliphatic heterocycles. The number of carbonyl (C=O) groups is 1. The molecule has 4 nitrogen and oxygen atoms in total. The summed E-state index contributed by atoms with van der Waals surface area (Å²) in [6.07, 6.45) is 2.51. The van der Waals surface area contributed by atoms with Gasteiger partial charge in [0.25, 0.3) is 0 Å². The van der Waals surface area contributed by atoms with Crippen molar-refractivity contribution in [2.24, 2.45) is 0 Å². The molecule has 0 aromatic heterocycles. The van der Waals surface area contributed by atoms with E-state index in [1.54, 1.807) is 18.2 Å². The van der Waals surface area contributed by atoms with E-state index in [-0.39, 0.29) is 0 Å². The number of benzene rings is 1. The SMILES string of the molecule is COc1cccc(C=CC(=O)O)c1OC. The molecule has 0 unspecified atom stereocenters. The predicted molar refractivity (Wildman–Crippen MR) is 56.2 cm³/mol. The second kappa shape index (κ2) is 5.05. The highest BCUT2D eigenvalue weighted by molar-refractivity contribution is 5.86. The van der Waals surface area contributed by atoms with Crippen LogP contribution in [0.1, 0.15) is 5.56 Å². The first-order valence-electron chi connectivity index (χ1n) is 4.31. The van der Waals surface area contributed by atoms with Crippen LogP contribution in [0.4, 0.5) is 0 Å². The second-order valence-electron chi connectivity index (χ2n) is 2.75. The molecule has 0 saturated heterocycles. The predicted octanol–water partition coefficient (Wildman–Crippen LogP) is 1.80. The van der Waals surface area contributed by atoms with Crippen molar-refractivity contribution in [3.63, 3.8) is 0 Å². The third-order valence-corrected chi connectivity index (χ3v) is 1.84. The van der Waals surface area contributed by atoms with Gasteiger partial charge >= 0.3 is 5.97 Å². The smallest absolute Gasteiger partial charge is 0.328 e. The molecule has 0 atom stereocenters. The molecular weight excluding hydrogens is 196 g/mol. The number of carboxylic acids is 1. The molecule has 1 aromatic carbocycles. The fourth-order valence-electron chi connectivity index (χ4n) is 1.20. The van der Waals surface area contributed by atoms with E-state index < -0.39 is 5.97 Å². The highest BCUT2D eigenvalue weighted by Crippen LogP contribution is 2.31. The van der Waals surface area contributed by atoms with Gasteiger partial charge in [0, 0.05) is 11.6 Å². The van der Waals surface area contributed by atoms with Crippen molar-refractivity contribution in [1.82, 2.24) is 0 Å². The average Bonchev–Trinajstić information content (AvgIpc) is 2.25. The Kier molecular flexibility index (Phi) is 3.74. The molecule has 0 fully saturated rings. The van der Waals surface area contributed by atoms with Crippen molar-refractivity contribution in [3.05, 3.63) is 29.8 Å². The van der Waals surface area contributed by atoms with Crippen molar-refractivity contribution >= 4 is 12.0 Å². The van der Waals surface area contributed by atoms with Crippen LogP contribution in [0.15, 0.2) is 24.3 Å². The van der Waals surface area contributed by atoms with E-state index in [4.69, 9.17) is 14.6 Å². The van der Waals surface area contributed by atoms with Crippen molar-refractivity contribution in [2.45, 2.75) is 0 Å². The number of ether oxygens (including phenoxy) is 2. The minimum absolute atomic E-state index is 0.525. The van der Waals surface area contributed by atoms with Gasteiger partial charge in [0.15, 0.2) is 11.5 Å². The van der Waals surface area contributed by atoms with E-state index in [1.807, 2.05) is 0 Å². The lowest BCUT2D eigenvalue weighted by atomic mass is 10.1. The summed E-state index contributed by atoms with van der Waals surface area (Å²) in [6.45, 7) is 0. The number of aliphatic carboxylic acids is 1. The first kappa shape index (κ1) is 11.1. The molecule has 0 spiro atoms. The van der Waals surface area contributed by atoms with E-state index in [1.165, 1.54) is 20.3 Å². The second-order valence-corrected chi connectivity index (χ2v) is 2.75. The van der Waals surface area contributed by atoms with Crippen LogP contribution in [0, 0.1) is 0 Å². The lowest BCUT2D eigenvalue weighted by Crippen LogP contribution is -1.93. The summed E-state index contributed by atoms with van der Waals surface area (Å²) in [5.41, 5.74) is 0.666. The first-order valence-corrected chi connectivity index (χ1v) is 4.31. The molecule has 1 N–H and O–H groups in total. The van der Waals surface area contributed by atoms with Gasteiger partial charge in [0.2, 0.25) is 0 Å². The van der Waals surface area contributed by atoms with Crippen LogP contribution in [-0.4, -0.2) is 25.3 Å². The standard InChI is InChI=1S/C11H12O4/c1-14-9-5-3-4-8(11(9)15-2)6-7-10(12)13/h3-7H,1-2H3,(H,12,13). The molecule has 80 valence electrons. The molecule has 0 bridgehead atoms. The van der Waals surface area contributed by atoms with E-state index in [9.17, 15) is 4.79 Å². The molecule has 1 rings (SSSR count). The van der Waals surface area contributed by atoms with Crippen molar-refractivity contribution < 1.29 is 19.4 Å². The van der Waals surface area contributed by atoms with Crippen LogP contribution in [0.3, 0.4) is 0 Å². The van der Waals surface area contributed by atoms with Gasteiger partial charge in [-0.15, -0.1) is 0 Å². The van der Waals surface area contributed by atoms with Crippen LogP contribution in [0.2, 0.25) is 0 Å². The Morgan fingerprint density at radius 1 is 1.33 bits per heavy atom. The van der Waals surface area contributed by atoms with Crippen LogP contribution in [0.5, 0.6) is 11.5 Å². The lowest BCUT2D eigenvalue weighted by Gasteiger charge is -2.09. The Bertz CT molecular complexity index is 382. The van der Waals surface area contributed by atoms with E-state index in [0.29, 0.717) is 17.1 Å². The number of methoxy groups -OCH3 is 2. The minimum atomic E-state index is -1.00. The van der Waals surface area contributed by atoms with Gasteiger partial charge in [0.1, 0.15) is 0 Å². The average molecular weight is 208 g/mol. The molecule has 4 heteroatoms. The molecule has 0 saturated carbocycles. The summed E-state index contributed by atoms with van der Waals surface area (Å²) < 4.78 is 10.2. The summed E-state index contributed by atoms with van der Waals surface area (Å²) in [7, 11) is 3.04. The highest BCUT2D eigenvalue weighted by atomic mass is 16.5.